The first kappa shape index (κ1) is 19.8. The van der Waals surface area contributed by atoms with Crippen LogP contribution in [0.2, 0.25) is 5.02 Å². The molecule has 2 N–H and O–H groups in total. The molecule has 0 aromatic heterocycles. The minimum Gasteiger partial charge on any atom is -0.338 e. The van der Waals surface area contributed by atoms with Gasteiger partial charge in [0.05, 0.1) is 0 Å². The maximum atomic E-state index is 12.9. The van der Waals surface area contributed by atoms with Gasteiger partial charge in [0, 0.05) is 30.2 Å². The van der Waals surface area contributed by atoms with Crippen molar-refractivity contribution in [1.82, 2.24) is 4.90 Å². The first-order chi connectivity index (χ1) is 11.7. The highest BCUT2D eigenvalue weighted by Crippen LogP contribution is 2.30. The molecule has 3 nitrogen and oxygen atoms in total. The molecule has 0 aliphatic heterocycles. The predicted octanol–water partition coefficient (Wildman–Crippen LogP) is 4.32. The third kappa shape index (κ3) is 5.74. The molecule has 0 radical (unpaired) electrons. The molecule has 0 unspecified atom stereocenters. The fraction of sp³-hybridized carbons (Fsp3) is 0.350. The van der Waals surface area contributed by atoms with Crippen LogP contribution in [0.3, 0.4) is 0 Å². The molecule has 1 fully saturated rings. The standard InChI is InChI=1S/C20H23ClN2O.ClH/c21-19-9-5-15(6-10-19)11-12-23(14-17-1-2-17)20(24)18-7-3-16(13-22)4-8-18;/h3-10,17H,1-2,11-14,22H2;1H. The van der Waals surface area contributed by atoms with Crippen LogP contribution in [0.25, 0.3) is 0 Å². The van der Waals surface area contributed by atoms with Crippen LogP contribution in [0.4, 0.5) is 0 Å². The van der Waals surface area contributed by atoms with Crippen LogP contribution in [0.5, 0.6) is 0 Å². The summed E-state index contributed by atoms with van der Waals surface area (Å²) in [5, 5.41) is 0.740. The van der Waals surface area contributed by atoms with Crippen LogP contribution in [0, 0.1) is 5.92 Å². The van der Waals surface area contributed by atoms with Gasteiger partial charge in [0.1, 0.15) is 0 Å². The lowest BCUT2D eigenvalue weighted by molar-refractivity contribution is 0.0749. The van der Waals surface area contributed by atoms with Gasteiger partial charge in [-0.15, -0.1) is 12.4 Å². The van der Waals surface area contributed by atoms with E-state index in [1.807, 2.05) is 53.4 Å². The Labute approximate surface area is 160 Å². The summed E-state index contributed by atoms with van der Waals surface area (Å²) in [6, 6.07) is 15.5. The maximum Gasteiger partial charge on any atom is 0.253 e. The van der Waals surface area contributed by atoms with E-state index in [0.29, 0.717) is 12.5 Å². The molecule has 0 bridgehead atoms. The van der Waals surface area contributed by atoms with Crippen molar-refractivity contribution in [2.75, 3.05) is 13.1 Å². The van der Waals surface area contributed by atoms with Gasteiger partial charge in [0.2, 0.25) is 0 Å². The number of benzene rings is 2. The Balaban J connectivity index is 0.00000225. The molecular weight excluding hydrogens is 355 g/mol. The van der Waals surface area contributed by atoms with E-state index in [1.165, 1.54) is 18.4 Å². The van der Waals surface area contributed by atoms with Gasteiger partial charge in [-0.05, 0) is 60.6 Å². The van der Waals surface area contributed by atoms with Crippen molar-refractivity contribution in [2.24, 2.45) is 11.7 Å². The molecular formula is C20H24Cl2N2O. The van der Waals surface area contributed by atoms with Crippen LogP contribution in [0.1, 0.15) is 34.3 Å². The number of halogens is 2. The fourth-order valence-electron chi connectivity index (χ4n) is 2.77. The Morgan fingerprint density at radius 3 is 2.20 bits per heavy atom. The lowest BCUT2D eigenvalue weighted by atomic mass is 10.1. The number of hydrogen-bond donors (Lipinski definition) is 1. The second-order valence-corrected chi connectivity index (χ2v) is 6.91. The van der Waals surface area contributed by atoms with E-state index in [0.717, 1.165) is 35.7 Å². The summed E-state index contributed by atoms with van der Waals surface area (Å²) >= 11 is 5.93. The number of amides is 1. The molecule has 2 aromatic carbocycles. The highest BCUT2D eigenvalue weighted by molar-refractivity contribution is 6.30. The predicted molar refractivity (Wildman–Crippen MR) is 105 cm³/mol. The molecule has 0 heterocycles. The quantitative estimate of drug-likeness (QED) is 0.779. The number of rotatable bonds is 7. The number of carbonyl (C=O) groups excluding carboxylic acids is 1. The molecule has 134 valence electrons. The number of nitrogens with two attached hydrogens (primary N) is 1. The van der Waals surface area contributed by atoms with Crippen LogP contribution >= 0.6 is 24.0 Å². The second kappa shape index (κ2) is 9.23. The van der Waals surface area contributed by atoms with E-state index in [1.54, 1.807) is 0 Å². The zero-order chi connectivity index (χ0) is 16.9. The van der Waals surface area contributed by atoms with E-state index in [9.17, 15) is 4.79 Å². The Morgan fingerprint density at radius 2 is 1.64 bits per heavy atom. The van der Waals surface area contributed by atoms with Crippen molar-refractivity contribution in [1.29, 1.82) is 0 Å². The van der Waals surface area contributed by atoms with Gasteiger partial charge in [-0.2, -0.15) is 0 Å². The topological polar surface area (TPSA) is 46.3 Å². The summed E-state index contributed by atoms with van der Waals surface area (Å²) in [5.41, 5.74) is 8.61. The minimum absolute atomic E-state index is 0. The van der Waals surface area contributed by atoms with Gasteiger partial charge >= 0.3 is 0 Å². The number of nitrogens with zero attached hydrogens (tertiary/aromatic N) is 1. The lowest BCUT2D eigenvalue weighted by Gasteiger charge is -2.23. The van der Waals surface area contributed by atoms with Gasteiger partial charge < -0.3 is 10.6 Å². The molecule has 0 spiro atoms. The molecule has 1 aliphatic carbocycles. The third-order valence-electron chi connectivity index (χ3n) is 4.48. The molecule has 5 heteroatoms. The van der Waals surface area contributed by atoms with Crippen LogP contribution in [-0.4, -0.2) is 23.9 Å². The molecule has 25 heavy (non-hydrogen) atoms. The second-order valence-electron chi connectivity index (χ2n) is 6.47. The largest absolute Gasteiger partial charge is 0.338 e. The molecule has 1 aliphatic rings. The van der Waals surface area contributed by atoms with Crippen molar-refractivity contribution in [2.45, 2.75) is 25.8 Å². The summed E-state index contributed by atoms with van der Waals surface area (Å²) < 4.78 is 0. The zero-order valence-electron chi connectivity index (χ0n) is 14.2. The Morgan fingerprint density at radius 1 is 1.04 bits per heavy atom. The van der Waals surface area contributed by atoms with Crippen molar-refractivity contribution in [3.8, 4) is 0 Å². The highest BCUT2D eigenvalue weighted by Gasteiger charge is 2.27. The van der Waals surface area contributed by atoms with E-state index in [-0.39, 0.29) is 18.3 Å². The third-order valence-corrected chi connectivity index (χ3v) is 4.73. The first-order valence-corrected chi connectivity index (χ1v) is 8.86. The fourth-order valence-corrected chi connectivity index (χ4v) is 2.89. The van der Waals surface area contributed by atoms with E-state index in [4.69, 9.17) is 17.3 Å². The Hall–Kier alpha value is -1.55. The minimum atomic E-state index is 0. The summed E-state index contributed by atoms with van der Waals surface area (Å²) in [6.45, 7) is 2.08. The summed E-state index contributed by atoms with van der Waals surface area (Å²) in [6.07, 6.45) is 3.31. The molecule has 0 saturated heterocycles. The molecule has 2 aromatic rings. The van der Waals surface area contributed by atoms with Crippen LogP contribution in [0.15, 0.2) is 48.5 Å². The van der Waals surface area contributed by atoms with Gasteiger partial charge in [0.15, 0.2) is 0 Å². The van der Waals surface area contributed by atoms with E-state index in [2.05, 4.69) is 0 Å². The van der Waals surface area contributed by atoms with Crippen LogP contribution < -0.4 is 5.73 Å². The highest BCUT2D eigenvalue weighted by atomic mass is 35.5. The maximum absolute atomic E-state index is 12.9. The molecule has 1 saturated carbocycles. The van der Waals surface area contributed by atoms with Crippen molar-refractivity contribution >= 4 is 29.9 Å². The normalized spacial score (nSPS) is 13.2. The van der Waals surface area contributed by atoms with E-state index >= 15 is 0 Å². The average molecular weight is 379 g/mol. The SMILES string of the molecule is Cl.NCc1ccc(C(=O)N(CCc2ccc(Cl)cc2)CC2CC2)cc1. The van der Waals surface area contributed by atoms with E-state index < -0.39 is 0 Å². The summed E-state index contributed by atoms with van der Waals surface area (Å²) in [5.74, 6) is 0.780. The molecule has 3 rings (SSSR count). The van der Waals surface area contributed by atoms with Gasteiger partial charge in [-0.25, -0.2) is 0 Å². The monoisotopic (exact) mass is 378 g/mol. The number of carbonyl (C=O) groups is 1. The van der Waals surface area contributed by atoms with Crippen molar-refractivity contribution in [3.05, 3.63) is 70.2 Å². The number of hydrogen-bond acceptors (Lipinski definition) is 2. The van der Waals surface area contributed by atoms with Crippen molar-refractivity contribution in [3.63, 3.8) is 0 Å². The zero-order valence-corrected chi connectivity index (χ0v) is 15.7. The first-order valence-electron chi connectivity index (χ1n) is 8.48. The van der Waals surface area contributed by atoms with Crippen LogP contribution in [-0.2, 0) is 13.0 Å². The summed E-state index contributed by atoms with van der Waals surface area (Å²) in [7, 11) is 0. The molecule has 0 atom stereocenters. The van der Waals surface area contributed by atoms with Gasteiger partial charge in [-0.3, -0.25) is 4.79 Å². The Bertz CT molecular complexity index is 682. The summed E-state index contributed by atoms with van der Waals surface area (Å²) in [4.78, 5) is 14.8. The average Bonchev–Trinajstić information content (AvgIpc) is 3.43. The smallest absolute Gasteiger partial charge is 0.253 e. The lowest BCUT2D eigenvalue weighted by Crippen LogP contribution is -2.34. The Kier molecular flexibility index (Phi) is 7.30. The van der Waals surface area contributed by atoms with Gasteiger partial charge in [0.25, 0.3) is 5.91 Å². The molecule has 1 amide bonds. The van der Waals surface area contributed by atoms with Gasteiger partial charge in [-0.1, -0.05) is 35.9 Å². The van der Waals surface area contributed by atoms with Crippen molar-refractivity contribution < 1.29 is 4.79 Å².